The average molecular weight is 1790 g/mol. The van der Waals surface area contributed by atoms with Gasteiger partial charge in [-0.2, -0.15) is 0 Å². The van der Waals surface area contributed by atoms with Crippen LogP contribution >= 0.6 is 0 Å². The number of carbonyl (C=O) groups is 14. The van der Waals surface area contributed by atoms with E-state index in [0.29, 0.717) is 162 Å². The molecule has 39 nitrogen and oxygen atoms in total. The van der Waals surface area contributed by atoms with Crippen molar-refractivity contribution in [1.82, 2.24) is 56.0 Å². The van der Waals surface area contributed by atoms with Crippen LogP contribution in [-0.4, -0.2) is 396 Å². The minimum absolute atomic E-state index is 0.139. The Hall–Kier alpha value is -7.86. The van der Waals surface area contributed by atoms with E-state index in [1.54, 1.807) is 0 Å². The lowest BCUT2D eigenvalue weighted by molar-refractivity contribution is -0.142. The minimum Gasteiger partial charge on any atom is -0.469 e. The van der Waals surface area contributed by atoms with Crippen molar-refractivity contribution in [1.29, 1.82) is 0 Å². The Morgan fingerprint density at radius 1 is 0.137 bits per heavy atom. The molecule has 0 radical (unpaired) electrons. The van der Waals surface area contributed by atoms with E-state index in [0.717, 1.165) is 181 Å². The van der Waals surface area contributed by atoms with Crippen LogP contribution in [0.15, 0.2) is 0 Å². The van der Waals surface area contributed by atoms with Crippen molar-refractivity contribution in [2.75, 3.05) is 283 Å². The Balaban J connectivity index is -0.000000777. The normalized spacial score (nSPS) is 10.8. The Bertz CT molecular complexity index is 2620. The second-order valence-corrected chi connectivity index (χ2v) is 28.7. The zero-order valence-corrected chi connectivity index (χ0v) is 77.9. The second-order valence-electron chi connectivity index (χ2n) is 28.7. The van der Waals surface area contributed by atoms with Gasteiger partial charge < -0.3 is 122 Å². The third-order valence-corrected chi connectivity index (χ3v) is 19.5. The molecule has 0 atom stereocenters. The number of carbonyl (C=O) groups excluding carboxylic acids is 14. The van der Waals surface area contributed by atoms with E-state index in [9.17, 15) is 67.1 Å². The summed E-state index contributed by atoms with van der Waals surface area (Å²) in [6, 6.07) is 0. The van der Waals surface area contributed by atoms with Crippen LogP contribution in [0, 0.1) is 0 Å². The van der Waals surface area contributed by atoms with Crippen molar-refractivity contribution in [3.63, 3.8) is 0 Å². The van der Waals surface area contributed by atoms with E-state index in [1.807, 2.05) is 4.90 Å². The highest BCUT2D eigenvalue weighted by atomic mass is 16.6. The van der Waals surface area contributed by atoms with Gasteiger partial charge in [0.2, 0.25) is 0 Å². The molecule has 39 heteroatoms. The molecule has 0 aliphatic carbocycles. The van der Waals surface area contributed by atoms with E-state index in [1.165, 1.54) is 99.5 Å². The fraction of sp³-hybridized carbons (Fsp3) is 0.835. The molecule has 0 spiro atoms. The van der Waals surface area contributed by atoms with Crippen molar-refractivity contribution in [3.05, 3.63) is 0 Å². The molecule has 724 valence electrons. The minimum atomic E-state index is -0.275. The third kappa shape index (κ3) is 86.3. The number of nitrogens with one attached hydrogen (secondary N) is 5. The Labute approximate surface area is 739 Å². The van der Waals surface area contributed by atoms with E-state index in [2.05, 4.69) is 89.0 Å². The lowest BCUT2D eigenvalue weighted by Crippen LogP contribution is -2.35. The maximum Gasteiger partial charge on any atom is 0.306 e. The van der Waals surface area contributed by atoms with Crippen molar-refractivity contribution in [3.8, 4) is 0 Å². The topological polar surface area (TPSA) is 448 Å². The van der Waals surface area contributed by atoms with Gasteiger partial charge in [-0.1, -0.05) is 32.1 Å². The van der Waals surface area contributed by atoms with Gasteiger partial charge >= 0.3 is 83.6 Å². The maximum absolute atomic E-state index is 11.5. The molecule has 0 aliphatic rings. The monoisotopic (exact) mass is 1780 g/mol. The summed E-state index contributed by atoms with van der Waals surface area (Å²) in [4.78, 5) is 171. The highest BCUT2D eigenvalue weighted by molar-refractivity contribution is 5.74. The molecule has 0 aromatic rings. The Morgan fingerprint density at radius 3 is 0.476 bits per heavy atom. The predicted octanol–water partition coefficient (Wildman–Crippen LogP) is 3.44. The van der Waals surface area contributed by atoms with Gasteiger partial charge in [0.25, 0.3) is 0 Å². The Morgan fingerprint density at radius 2 is 0.274 bits per heavy atom. The summed E-state index contributed by atoms with van der Waals surface area (Å²) in [5, 5.41) is 16.5. The van der Waals surface area contributed by atoms with Crippen LogP contribution in [0.3, 0.4) is 0 Å². The van der Waals surface area contributed by atoms with Gasteiger partial charge in [-0.05, 0) is 123 Å². The van der Waals surface area contributed by atoms with E-state index >= 15 is 0 Å². The fourth-order valence-electron chi connectivity index (χ4n) is 11.7. The number of unbranched alkanes of at least 4 members (excludes halogenated alkanes) is 10. The molecule has 0 aliphatic heterocycles. The summed E-state index contributed by atoms with van der Waals surface area (Å²) < 4.78 is 65.4. The molecule has 0 amide bonds. The molecular weight excluding hydrogens is 1620 g/mol. The highest BCUT2D eigenvalue weighted by Crippen LogP contribution is 2.10. The summed E-state index contributed by atoms with van der Waals surface area (Å²) in [6.07, 6.45) is 19.7. The average Bonchev–Trinajstić information content (AvgIpc) is 0.991. The summed E-state index contributed by atoms with van der Waals surface area (Å²) in [5.74, 6) is -3.36. The predicted molar refractivity (Wildman–Crippen MR) is 465 cm³/mol. The van der Waals surface area contributed by atoms with Crippen molar-refractivity contribution < 1.29 is 133 Å². The highest BCUT2D eigenvalue weighted by Gasteiger charge is 2.18. The number of hydrogen-bond acceptors (Lipinski definition) is 39. The SMILES string of the molecule is COC(=O)CCCCCNCCCCCN(CCC(=O)OC)CCC(=O)OC.COC(=O)CCN(CCCCCNCCN(CCC(=O)OC)CCC(=O)OC)CCC(=O)OC.COC(=O)CCNCCCCCN(CCNCCC(=O)OC)CCC(=O)OC.COC(=O)CCNCCN(CCCCCN(CCC(=O)OC)CCC(=O)OC)CCC(=O)OC. The van der Waals surface area contributed by atoms with Crippen LogP contribution < -0.4 is 26.6 Å². The van der Waals surface area contributed by atoms with Gasteiger partial charge in [-0.25, -0.2) is 0 Å². The van der Waals surface area contributed by atoms with Gasteiger partial charge in [0.1, 0.15) is 0 Å². The molecule has 0 fully saturated rings. The van der Waals surface area contributed by atoms with Gasteiger partial charge in [-0.3, -0.25) is 67.1 Å². The van der Waals surface area contributed by atoms with E-state index in [-0.39, 0.29) is 109 Å². The van der Waals surface area contributed by atoms with Crippen LogP contribution in [0.2, 0.25) is 0 Å². The van der Waals surface area contributed by atoms with E-state index in [4.69, 9.17) is 28.4 Å². The smallest absolute Gasteiger partial charge is 0.306 e. The van der Waals surface area contributed by atoms with Gasteiger partial charge in [0.15, 0.2) is 0 Å². The first kappa shape index (κ1) is 122. The quantitative estimate of drug-likeness (QED) is 0.0331. The van der Waals surface area contributed by atoms with Crippen LogP contribution in [0.5, 0.6) is 0 Å². The standard InChI is InChI=1S/2C23H43N3O8.C20H38N2O6.C19H37N3O6/c1-31-20(27)8-12-24-13-19-26(18-11-23(30)34-4)15-7-5-6-14-25(16-9-21(28)32-2)17-10-22(29)33-3;1-31-20(27)8-15-25(16-9-21(28)32-2)14-7-5-6-12-24-13-19-26(17-10-22(29)33-3)18-11-23(30)34-4;1-26-18(23)10-6-4-7-13-21-14-8-5-9-15-22(16-11-19(24)27-2)17-12-20(25)28-3;1-26-17(23)7-11-20-10-5-4-6-14-22(15-9-19(25)28-3)16-13-21-12-8-18(24)27-2/h2*24H,5-19H2,1-4H3;21H,4-17H2,1-3H3;20-21H,4-16H2,1-3H3. The first-order valence-corrected chi connectivity index (χ1v) is 43.6. The molecule has 0 bridgehead atoms. The molecule has 0 heterocycles. The summed E-state index contributed by atoms with van der Waals surface area (Å²) >= 11 is 0. The van der Waals surface area contributed by atoms with Crippen molar-refractivity contribution in [2.45, 2.75) is 186 Å². The van der Waals surface area contributed by atoms with Crippen molar-refractivity contribution >= 4 is 83.6 Å². The van der Waals surface area contributed by atoms with Gasteiger partial charge in [0.05, 0.1) is 183 Å². The molecule has 0 unspecified atom stereocenters. The third-order valence-electron chi connectivity index (χ3n) is 19.5. The molecule has 5 N–H and O–H groups in total. The molecule has 0 saturated heterocycles. The van der Waals surface area contributed by atoms with Gasteiger partial charge in [-0.15, -0.1) is 0 Å². The van der Waals surface area contributed by atoms with Crippen LogP contribution in [0.1, 0.15) is 186 Å². The zero-order chi connectivity index (χ0) is 93.3. The molecule has 0 rings (SSSR count). The zero-order valence-electron chi connectivity index (χ0n) is 77.9. The number of ether oxygens (including phenoxy) is 14. The maximum atomic E-state index is 11.5. The molecule has 0 aromatic heterocycles. The lowest BCUT2D eigenvalue weighted by atomic mass is 10.2. The van der Waals surface area contributed by atoms with Gasteiger partial charge in [0, 0.05) is 131 Å². The summed E-state index contributed by atoms with van der Waals surface area (Å²) in [6.45, 7) is 19.7. The number of esters is 14. The first-order valence-electron chi connectivity index (χ1n) is 43.6. The van der Waals surface area contributed by atoms with Crippen LogP contribution in [0.4, 0.5) is 0 Å². The summed E-state index contributed by atoms with van der Waals surface area (Å²) in [5.41, 5.74) is 0. The number of nitrogens with zero attached hydrogens (tertiary/aromatic N) is 6. The van der Waals surface area contributed by atoms with Crippen LogP contribution in [0.25, 0.3) is 0 Å². The molecule has 124 heavy (non-hydrogen) atoms. The lowest BCUT2D eigenvalue weighted by Gasteiger charge is -2.23. The number of rotatable bonds is 78. The van der Waals surface area contributed by atoms with E-state index < -0.39 is 0 Å². The second kappa shape index (κ2) is 91.4. The first-order chi connectivity index (χ1) is 59.8. The fourth-order valence-corrected chi connectivity index (χ4v) is 11.7. The largest absolute Gasteiger partial charge is 0.469 e. The molecule has 0 aromatic carbocycles. The Kier molecular flexibility index (Phi) is 90.2. The van der Waals surface area contributed by atoms with Crippen molar-refractivity contribution in [2.24, 2.45) is 0 Å². The number of methoxy groups -OCH3 is 14. The molecule has 0 saturated carbocycles. The van der Waals surface area contributed by atoms with Crippen LogP contribution in [-0.2, 0) is 133 Å². The molecular formula is C85H161N11O28. The summed E-state index contributed by atoms with van der Waals surface area (Å²) in [7, 11) is 19.3. The number of hydrogen-bond donors (Lipinski definition) is 5.